The summed E-state index contributed by atoms with van der Waals surface area (Å²) in [4.78, 5) is 0. The van der Waals surface area contributed by atoms with Crippen LogP contribution in [0.1, 0.15) is 24.0 Å². The van der Waals surface area contributed by atoms with Crippen molar-refractivity contribution in [2.45, 2.75) is 12.8 Å². The Labute approximate surface area is 119 Å². The van der Waals surface area contributed by atoms with Crippen LogP contribution in [0, 0.1) is 0 Å². The Hall–Kier alpha value is -2.34. The normalized spacial score (nSPS) is 19.4. The van der Waals surface area contributed by atoms with Gasteiger partial charge in [0.25, 0.3) is 0 Å². The molecule has 0 N–H and O–H groups in total. The third-order valence-electron chi connectivity index (χ3n) is 4.07. The fourth-order valence-corrected chi connectivity index (χ4v) is 3.19. The summed E-state index contributed by atoms with van der Waals surface area (Å²) in [5.41, 5.74) is 8.22. The highest BCUT2D eigenvalue weighted by Gasteiger charge is 2.26. The van der Waals surface area contributed by atoms with Gasteiger partial charge in [-0.05, 0) is 46.3 Å². The quantitative estimate of drug-likeness (QED) is 0.595. The van der Waals surface area contributed by atoms with Gasteiger partial charge < -0.3 is 0 Å². The van der Waals surface area contributed by atoms with E-state index in [-0.39, 0.29) is 0 Å². The Morgan fingerprint density at radius 2 is 1.70 bits per heavy atom. The molecule has 0 amide bonds. The Balaban J connectivity index is 2.05. The van der Waals surface area contributed by atoms with E-state index in [9.17, 15) is 0 Å². The van der Waals surface area contributed by atoms with Gasteiger partial charge in [0.1, 0.15) is 0 Å². The average molecular weight is 256 g/mol. The Kier molecular flexibility index (Phi) is 2.67. The molecule has 0 radical (unpaired) electrons. The molecular weight excluding hydrogens is 240 g/mol. The molecule has 0 atom stereocenters. The molecule has 3 aliphatic rings. The number of hydrogen-bond acceptors (Lipinski definition) is 0. The highest BCUT2D eigenvalue weighted by Crippen LogP contribution is 2.46. The van der Waals surface area contributed by atoms with E-state index in [1.165, 1.54) is 33.4 Å². The van der Waals surface area contributed by atoms with Crippen molar-refractivity contribution in [1.82, 2.24) is 0 Å². The van der Waals surface area contributed by atoms with Crippen molar-refractivity contribution >= 4 is 11.1 Å². The molecule has 1 aromatic carbocycles. The lowest BCUT2D eigenvalue weighted by Gasteiger charge is -2.12. The minimum Gasteiger partial charge on any atom is -0.0836 e. The van der Waals surface area contributed by atoms with Gasteiger partial charge in [-0.3, -0.25) is 0 Å². The van der Waals surface area contributed by atoms with Crippen LogP contribution >= 0.6 is 0 Å². The number of allylic oxidation sites excluding steroid dienone is 12. The molecule has 0 heterocycles. The maximum absolute atomic E-state index is 2.40. The molecule has 0 aliphatic heterocycles. The molecule has 0 aromatic heterocycles. The molecule has 0 spiro atoms. The molecule has 0 saturated heterocycles. The van der Waals surface area contributed by atoms with Crippen molar-refractivity contribution in [3.8, 4) is 0 Å². The van der Waals surface area contributed by atoms with E-state index >= 15 is 0 Å². The van der Waals surface area contributed by atoms with Crippen LogP contribution in [0.5, 0.6) is 0 Å². The van der Waals surface area contributed by atoms with Gasteiger partial charge in [0.2, 0.25) is 0 Å². The van der Waals surface area contributed by atoms with E-state index < -0.39 is 0 Å². The van der Waals surface area contributed by atoms with Crippen molar-refractivity contribution in [1.29, 1.82) is 0 Å². The van der Waals surface area contributed by atoms with Crippen molar-refractivity contribution in [3.63, 3.8) is 0 Å². The first-order valence-corrected chi connectivity index (χ1v) is 7.22. The molecule has 20 heavy (non-hydrogen) atoms. The van der Waals surface area contributed by atoms with Crippen LogP contribution in [0.15, 0.2) is 84.0 Å². The molecule has 4 rings (SSSR count). The zero-order valence-corrected chi connectivity index (χ0v) is 11.3. The summed E-state index contributed by atoms with van der Waals surface area (Å²) in [6.07, 6.45) is 20.0. The molecule has 0 saturated carbocycles. The van der Waals surface area contributed by atoms with Crippen molar-refractivity contribution in [3.05, 3.63) is 95.1 Å². The molecule has 0 heteroatoms. The molecule has 0 nitrogen and oxygen atoms in total. The number of fused-ring (bicyclic) bond motifs is 3. The average Bonchev–Trinajstić information content (AvgIpc) is 2.72. The topological polar surface area (TPSA) is 0 Å². The number of rotatable bonds is 0. The second-order valence-electron chi connectivity index (χ2n) is 5.30. The van der Waals surface area contributed by atoms with Crippen molar-refractivity contribution in [2.24, 2.45) is 0 Å². The maximum Gasteiger partial charge on any atom is -0.00297 e. The van der Waals surface area contributed by atoms with E-state index in [0.29, 0.717) is 0 Å². The van der Waals surface area contributed by atoms with E-state index in [0.717, 1.165) is 12.8 Å². The summed E-state index contributed by atoms with van der Waals surface area (Å²) in [6.45, 7) is 0. The van der Waals surface area contributed by atoms with Gasteiger partial charge in [0, 0.05) is 0 Å². The third kappa shape index (κ3) is 1.69. The number of benzene rings is 1. The first-order valence-electron chi connectivity index (χ1n) is 7.22. The Morgan fingerprint density at radius 1 is 0.800 bits per heavy atom. The fourth-order valence-electron chi connectivity index (χ4n) is 3.19. The summed E-state index contributed by atoms with van der Waals surface area (Å²) in [5.74, 6) is 0. The van der Waals surface area contributed by atoms with Crippen molar-refractivity contribution < 1.29 is 0 Å². The van der Waals surface area contributed by atoms with Crippen LogP contribution in [0.4, 0.5) is 0 Å². The molecule has 3 aliphatic carbocycles. The second kappa shape index (κ2) is 4.64. The Bertz CT molecular complexity index is 746. The van der Waals surface area contributed by atoms with Gasteiger partial charge in [0.05, 0.1) is 0 Å². The minimum absolute atomic E-state index is 1.11. The first-order chi connectivity index (χ1) is 9.95. The smallest absolute Gasteiger partial charge is 0.00297 e. The summed E-state index contributed by atoms with van der Waals surface area (Å²) >= 11 is 0. The lowest BCUT2D eigenvalue weighted by Crippen LogP contribution is -1.92. The second-order valence-corrected chi connectivity index (χ2v) is 5.30. The molecule has 0 bridgehead atoms. The maximum atomic E-state index is 2.40. The molecular formula is C20H16. The lowest BCUT2D eigenvalue weighted by molar-refractivity contribution is 1.05. The third-order valence-corrected chi connectivity index (χ3v) is 4.07. The van der Waals surface area contributed by atoms with Crippen LogP contribution in [-0.4, -0.2) is 0 Å². The van der Waals surface area contributed by atoms with Gasteiger partial charge >= 0.3 is 0 Å². The van der Waals surface area contributed by atoms with Crippen LogP contribution in [0.25, 0.3) is 11.1 Å². The predicted molar refractivity (Wildman–Crippen MR) is 86.1 cm³/mol. The number of hydrogen-bond donors (Lipinski definition) is 0. The standard InChI is InChI=1S/C20H16/c1-3-9-15-10-4-2-6-14-19-17-12-8-7-11-16(17)18(13-5-1)20(15)19/h1,3-5,7-14H,2,6H2. The van der Waals surface area contributed by atoms with Crippen LogP contribution in [0.2, 0.25) is 0 Å². The van der Waals surface area contributed by atoms with Crippen LogP contribution in [0.3, 0.4) is 0 Å². The predicted octanol–water partition coefficient (Wildman–Crippen LogP) is 5.24. The molecule has 1 aromatic rings. The molecule has 96 valence electrons. The highest BCUT2D eigenvalue weighted by molar-refractivity contribution is 6.06. The molecule has 0 fully saturated rings. The summed E-state index contributed by atoms with van der Waals surface area (Å²) in [6, 6.07) is 8.75. The van der Waals surface area contributed by atoms with Gasteiger partial charge in [0.15, 0.2) is 0 Å². The van der Waals surface area contributed by atoms with Crippen molar-refractivity contribution in [2.75, 3.05) is 0 Å². The van der Waals surface area contributed by atoms with Gasteiger partial charge in [-0.15, -0.1) is 0 Å². The van der Waals surface area contributed by atoms with E-state index in [4.69, 9.17) is 0 Å². The lowest BCUT2D eigenvalue weighted by atomic mass is 9.91. The van der Waals surface area contributed by atoms with Gasteiger partial charge in [-0.25, -0.2) is 0 Å². The fraction of sp³-hybridized carbons (Fsp3) is 0.100. The van der Waals surface area contributed by atoms with Crippen LogP contribution in [-0.2, 0) is 0 Å². The van der Waals surface area contributed by atoms with Crippen LogP contribution < -0.4 is 0 Å². The van der Waals surface area contributed by atoms with Gasteiger partial charge in [-0.1, -0.05) is 72.9 Å². The molecule has 0 unspecified atom stereocenters. The Morgan fingerprint density at radius 3 is 2.65 bits per heavy atom. The van der Waals surface area contributed by atoms with E-state index in [2.05, 4.69) is 72.9 Å². The zero-order chi connectivity index (χ0) is 13.4. The summed E-state index contributed by atoms with van der Waals surface area (Å²) in [7, 11) is 0. The van der Waals surface area contributed by atoms with Gasteiger partial charge in [-0.2, -0.15) is 0 Å². The SMILES string of the molecule is C1=CC=C2C=CCCC=C3C2=C(C=C1)c1ccccc13. The monoisotopic (exact) mass is 256 g/mol. The largest absolute Gasteiger partial charge is 0.0836 e. The summed E-state index contributed by atoms with van der Waals surface area (Å²) < 4.78 is 0. The zero-order valence-electron chi connectivity index (χ0n) is 11.3. The first kappa shape index (κ1) is 11.5. The summed E-state index contributed by atoms with van der Waals surface area (Å²) in [5, 5.41) is 0. The minimum atomic E-state index is 1.11. The highest BCUT2D eigenvalue weighted by atomic mass is 14.3. The van der Waals surface area contributed by atoms with E-state index in [1.54, 1.807) is 0 Å². The van der Waals surface area contributed by atoms with E-state index in [1.807, 2.05) is 0 Å².